The van der Waals surface area contributed by atoms with Crippen LogP contribution in [0.1, 0.15) is 20.1 Å². The molecule has 0 aromatic carbocycles. The summed E-state index contributed by atoms with van der Waals surface area (Å²) in [7, 11) is 0. The van der Waals surface area contributed by atoms with Gasteiger partial charge < -0.3 is 19.9 Å². The molecule has 0 unspecified atom stereocenters. The molecule has 1 saturated heterocycles. The maximum absolute atomic E-state index is 11.6. The van der Waals surface area contributed by atoms with Crippen LogP contribution in [0.3, 0.4) is 0 Å². The second-order valence-corrected chi connectivity index (χ2v) is 6.72. The van der Waals surface area contributed by atoms with E-state index in [1.807, 2.05) is 0 Å². The normalized spacial score (nSPS) is 25.6. The molecule has 26 heavy (non-hydrogen) atoms. The number of nitrogens with two attached hydrogens (primary N) is 1. The topological polar surface area (TPSA) is 131 Å². The summed E-state index contributed by atoms with van der Waals surface area (Å²) in [5.74, 6) is -1.02. The van der Waals surface area contributed by atoms with Crippen molar-refractivity contribution in [2.75, 3.05) is 5.73 Å². The van der Waals surface area contributed by atoms with Gasteiger partial charge in [0.25, 0.3) is 0 Å². The first-order chi connectivity index (χ1) is 12.3. The van der Waals surface area contributed by atoms with Gasteiger partial charge in [-0.05, 0) is 0 Å². The van der Waals surface area contributed by atoms with E-state index < -0.39 is 41.3 Å². The third-order valence-electron chi connectivity index (χ3n) is 3.74. The number of nitrogens with zero attached hydrogens (tertiary/aromatic N) is 4. The van der Waals surface area contributed by atoms with E-state index in [1.165, 1.54) is 31.1 Å². The van der Waals surface area contributed by atoms with Gasteiger partial charge in [0.1, 0.15) is 22.8 Å². The van der Waals surface area contributed by atoms with Gasteiger partial charge in [-0.25, -0.2) is 15.0 Å². The number of carbonyl (C=O) groups excluding carboxylic acids is 2. The number of imidazole rings is 1. The lowest BCUT2D eigenvalue weighted by Gasteiger charge is -2.24. The molecule has 0 amide bonds. The number of fused-ring (bicyclic) bond motifs is 1. The smallest absolute Gasteiger partial charge is 0.303 e. The van der Waals surface area contributed by atoms with Crippen LogP contribution in [0.4, 0.5) is 5.82 Å². The summed E-state index contributed by atoms with van der Waals surface area (Å²) in [6, 6.07) is 0. The van der Waals surface area contributed by atoms with E-state index in [1.54, 1.807) is 0 Å². The van der Waals surface area contributed by atoms with Crippen LogP contribution in [0.15, 0.2) is 12.7 Å². The maximum Gasteiger partial charge on any atom is 0.303 e. The van der Waals surface area contributed by atoms with Gasteiger partial charge in [-0.3, -0.25) is 14.2 Å². The van der Waals surface area contributed by atoms with E-state index in [0.29, 0.717) is 11.2 Å². The Morgan fingerprint density at radius 2 is 1.85 bits per heavy atom. The molecule has 0 bridgehead atoms. The first-order valence-corrected chi connectivity index (χ1v) is 8.38. The van der Waals surface area contributed by atoms with Gasteiger partial charge in [0.2, 0.25) is 0 Å². The molecule has 140 valence electrons. The number of aromatic nitrogens is 4. The highest BCUT2D eigenvalue weighted by atomic mass is 35.5. The number of alkyl halides is 2. The van der Waals surface area contributed by atoms with Crippen molar-refractivity contribution < 1.29 is 23.8 Å². The molecule has 3 rings (SSSR count). The molecule has 0 aliphatic carbocycles. The Kier molecular flexibility index (Phi) is 5.17. The highest BCUT2D eigenvalue weighted by molar-refractivity contribution is 6.44. The number of carbonyl (C=O) groups is 2. The summed E-state index contributed by atoms with van der Waals surface area (Å²) in [5, 5.41) is 0. The lowest BCUT2D eigenvalue weighted by atomic mass is 10.1. The number of rotatable bonds is 4. The Morgan fingerprint density at radius 3 is 2.46 bits per heavy atom. The number of esters is 2. The van der Waals surface area contributed by atoms with Crippen molar-refractivity contribution in [1.29, 1.82) is 0 Å². The van der Waals surface area contributed by atoms with E-state index in [4.69, 9.17) is 43.1 Å². The molecular weight excluding hydrogens is 389 g/mol. The van der Waals surface area contributed by atoms with Crippen LogP contribution in [0.5, 0.6) is 0 Å². The Balaban J connectivity index is 2.06. The summed E-state index contributed by atoms with van der Waals surface area (Å²) in [4.78, 5) is 34.2. The quantitative estimate of drug-likeness (QED) is 0.585. The van der Waals surface area contributed by atoms with Crippen LogP contribution in [-0.4, -0.2) is 54.6 Å². The van der Waals surface area contributed by atoms with Crippen molar-refractivity contribution in [1.82, 2.24) is 19.5 Å². The van der Waals surface area contributed by atoms with Crippen molar-refractivity contribution >= 4 is 52.1 Å². The van der Waals surface area contributed by atoms with E-state index in [9.17, 15) is 9.59 Å². The van der Waals surface area contributed by atoms with Gasteiger partial charge in [0, 0.05) is 13.8 Å². The van der Waals surface area contributed by atoms with Crippen LogP contribution in [0.25, 0.3) is 11.2 Å². The highest BCUT2D eigenvalue weighted by Crippen LogP contribution is 2.39. The molecule has 0 radical (unpaired) electrons. The fraction of sp³-hybridized carbons (Fsp3) is 0.500. The Morgan fingerprint density at radius 1 is 1.19 bits per heavy atom. The zero-order valence-corrected chi connectivity index (χ0v) is 15.2. The fourth-order valence-electron chi connectivity index (χ4n) is 2.79. The summed E-state index contributed by atoms with van der Waals surface area (Å²) in [6.07, 6.45) is -1.24. The minimum Gasteiger partial charge on any atom is -0.455 e. The van der Waals surface area contributed by atoms with Gasteiger partial charge in [-0.1, -0.05) is 0 Å². The molecular formula is C14H15Cl2N5O5. The standard InChI is InChI=1S/C14H15Cl2N5O5/c1-5(22)24-8-9(11(15)16)26-14(10(8)25-6(2)23)21-4-20-7-12(17)18-3-19-13(7)21/h3-4,8-11,14H,1-2H3,(H2,17,18,19)/t8-,9+,10-,14-/m1/s1. The number of halogens is 2. The second-order valence-electron chi connectivity index (χ2n) is 5.56. The van der Waals surface area contributed by atoms with Crippen LogP contribution < -0.4 is 5.73 Å². The monoisotopic (exact) mass is 403 g/mol. The first-order valence-electron chi connectivity index (χ1n) is 7.50. The van der Waals surface area contributed by atoms with E-state index >= 15 is 0 Å². The van der Waals surface area contributed by atoms with Gasteiger partial charge in [-0.2, -0.15) is 0 Å². The van der Waals surface area contributed by atoms with E-state index in [-0.39, 0.29) is 5.82 Å². The van der Waals surface area contributed by atoms with Crippen molar-refractivity contribution in [2.24, 2.45) is 0 Å². The molecule has 0 spiro atoms. The molecule has 2 aromatic rings. The zero-order chi connectivity index (χ0) is 19.0. The predicted molar refractivity (Wildman–Crippen MR) is 90.2 cm³/mol. The molecule has 2 aromatic heterocycles. The fourth-order valence-corrected chi connectivity index (χ4v) is 3.20. The summed E-state index contributed by atoms with van der Waals surface area (Å²) in [5.41, 5.74) is 6.48. The highest BCUT2D eigenvalue weighted by Gasteiger charge is 2.52. The zero-order valence-electron chi connectivity index (χ0n) is 13.7. The average Bonchev–Trinajstić information content (AvgIpc) is 3.10. The number of ether oxygens (including phenoxy) is 3. The molecule has 12 heteroatoms. The van der Waals surface area contributed by atoms with Gasteiger partial charge in [-0.15, -0.1) is 23.2 Å². The van der Waals surface area contributed by atoms with E-state index in [0.717, 1.165) is 0 Å². The molecule has 10 nitrogen and oxygen atoms in total. The maximum atomic E-state index is 11.6. The Labute approximate surface area is 157 Å². The minimum atomic E-state index is -1.04. The first kappa shape index (κ1) is 18.6. The number of nitrogen functional groups attached to an aromatic ring is 1. The Bertz CT molecular complexity index is 844. The number of hydrogen-bond donors (Lipinski definition) is 1. The molecule has 2 N–H and O–H groups in total. The molecule has 1 aliphatic rings. The van der Waals surface area contributed by atoms with Crippen molar-refractivity contribution in [2.45, 2.75) is 43.2 Å². The summed E-state index contributed by atoms with van der Waals surface area (Å²) < 4.78 is 17.9. The van der Waals surface area contributed by atoms with Crippen LogP contribution in [-0.2, 0) is 23.8 Å². The van der Waals surface area contributed by atoms with Crippen molar-refractivity contribution in [3.05, 3.63) is 12.7 Å². The summed E-state index contributed by atoms with van der Waals surface area (Å²) >= 11 is 11.9. The number of hydrogen-bond acceptors (Lipinski definition) is 9. The number of anilines is 1. The SMILES string of the molecule is CC(=O)O[C@@H]1[C@H](OC(C)=O)[C@@H](C(Cl)Cl)O[C@H]1n1cnc2c(N)ncnc21. The molecule has 1 fully saturated rings. The lowest BCUT2D eigenvalue weighted by molar-refractivity contribution is -0.165. The van der Waals surface area contributed by atoms with E-state index in [2.05, 4.69) is 15.0 Å². The largest absolute Gasteiger partial charge is 0.455 e. The molecule has 3 heterocycles. The minimum absolute atomic E-state index is 0.177. The van der Waals surface area contributed by atoms with Gasteiger partial charge >= 0.3 is 11.9 Å². The predicted octanol–water partition coefficient (Wildman–Crippen LogP) is 0.973. The third-order valence-corrected chi connectivity index (χ3v) is 4.24. The van der Waals surface area contributed by atoms with Gasteiger partial charge in [0.05, 0.1) is 6.33 Å². The van der Waals surface area contributed by atoms with Crippen LogP contribution in [0.2, 0.25) is 0 Å². The summed E-state index contributed by atoms with van der Waals surface area (Å²) in [6.45, 7) is 2.44. The molecule has 0 saturated carbocycles. The Hall–Kier alpha value is -2.17. The molecule has 1 aliphatic heterocycles. The molecule has 4 atom stereocenters. The second kappa shape index (κ2) is 7.22. The van der Waals surface area contributed by atoms with Crippen LogP contribution >= 0.6 is 23.2 Å². The lowest BCUT2D eigenvalue weighted by Crippen LogP contribution is -2.40. The van der Waals surface area contributed by atoms with Crippen molar-refractivity contribution in [3.63, 3.8) is 0 Å². The van der Waals surface area contributed by atoms with Gasteiger partial charge in [0.15, 0.2) is 29.9 Å². The van der Waals surface area contributed by atoms with Crippen molar-refractivity contribution in [3.8, 4) is 0 Å². The average molecular weight is 404 g/mol. The third kappa shape index (κ3) is 3.39. The van der Waals surface area contributed by atoms with Crippen LogP contribution in [0, 0.1) is 0 Å².